The van der Waals surface area contributed by atoms with Crippen LogP contribution in [0.3, 0.4) is 0 Å². The minimum Gasteiger partial charge on any atom is -0.369 e. The molecular weight excluding hydrogens is 553 g/mol. The lowest BCUT2D eigenvalue weighted by atomic mass is 10.1. The summed E-state index contributed by atoms with van der Waals surface area (Å²) in [5, 5.41) is 2.44. The fraction of sp³-hybridized carbons (Fsp3) is 0.182. The molecule has 6 rings (SSSR count). The monoisotopic (exact) mass is 580 g/mol. The molecule has 2 aromatic heterocycles. The van der Waals surface area contributed by atoms with E-state index < -0.39 is 17.6 Å². The lowest BCUT2D eigenvalue weighted by molar-refractivity contribution is -0.137. The number of alkyl halides is 3. The molecular formula is C33H27F3N6O. The Labute approximate surface area is 246 Å². The molecule has 43 heavy (non-hydrogen) atoms. The van der Waals surface area contributed by atoms with Crippen LogP contribution in [0.4, 0.5) is 24.7 Å². The van der Waals surface area contributed by atoms with Crippen LogP contribution in [-0.2, 0) is 6.18 Å². The smallest absolute Gasteiger partial charge is 0.369 e. The largest absolute Gasteiger partial charge is 0.416 e. The van der Waals surface area contributed by atoms with E-state index in [-0.39, 0.29) is 11.4 Å². The van der Waals surface area contributed by atoms with E-state index in [9.17, 15) is 18.0 Å². The second kappa shape index (κ2) is 11.6. The van der Waals surface area contributed by atoms with Gasteiger partial charge in [-0.25, -0.2) is 9.97 Å². The summed E-state index contributed by atoms with van der Waals surface area (Å²) in [7, 11) is 2.14. The second-order valence-corrected chi connectivity index (χ2v) is 10.3. The Kier molecular flexibility index (Phi) is 7.57. The number of carbonyl (C=O) groups excluding carboxylic acids is 1. The van der Waals surface area contributed by atoms with E-state index >= 15 is 0 Å². The molecule has 1 aliphatic rings. The van der Waals surface area contributed by atoms with Gasteiger partial charge >= 0.3 is 6.18 Å². The highest BCUT2D eigenvalue weighted by Gasteiger charge is 2.31. The van der Waals surface area contributed by atoms with Gasteiger partial charge in [-0.3, -0.25) is 9.36 Å². The van der Waals surface area contributed by atoms with Crippen molar-refractivity contribution in [3.8, 4) is 17.5 Å². The number of pyridine rings is 1. The molecule has 7 nitrogen and oxygen atoms in total. The molecule has 1 aliphatic heterocycles. The fourth-order valence-corrected chi connectivity index (χ4v) is 4.99. The van der Waals surface area contributed by atoms with Crippen LogP contribution >= 0.6 is 0 Å². The molecule has 1 saturated heterocycles. The summed E-state index contributed by atoms with van der Waals surface area (Å²) in [6.45, 7) is 4.04. The Bertz CT molecular complexity index is 1860. The van der Waals surface area contributed by atoms with Gasteiger partial charge in [0.05, 0.1) is 22.2 Å². The van der Waals surface area contributed by atoms with Crippen molar-refractivity contribution in [2.24, 2.45) is 0 Å². The molecule has 216 valence electrons. The zero-order valence-electron chi connectivity index (χ0n) is 23.3. The van der Waals surface area contributed by atoms with E-state index in [0.29, 0.717) is 11.1 Å². The number of rotatable bonds is 4. The average molecular weight is 581 g/mol. The van der Waals surface area contributed by atoms with Crippen molar-refractivity contribution >= 4 is 28.4 Å². The van der Waals surface area contributed by atoms with Crippen molar-refractivity contribution in [3.63, 3.8) is 0 Å². The van der Waals surface area contributed by atoms with Crippen LogP contribution < -0.4 is 10.2 Å². The third-order valence-corrected chi connectivity index (χ3v) is 7.37. The first kappa shape index (κ1) is 28.0. The van der Waals surface area contributed by atoms with Crippen LogP contribution in [0.2, 0.25) is 0 Å². The van der Waals surface area contributed by atoms with E-state index in [2.05, 4.69) is 68.2 Å². The summed E-state index contributed by atoms with van der Waals surface area (Å²) >= 11 is 0. The van der Waals surface area contributed by atoms with Crippen LogP contribution in [0.15, 0.2) is 91.4 Å². The average Bonchev–Trinajstić information content (AvgIpc) is 3.44. The molecule has 10 heteroatoms. The van der Waals surface area contributed by atoms with E-state index in [1.165, 1.54) is 5.69 Å². The number of anilines is 2. The number of likely N-dealkylation sites (N-methyl/N-ethyl adjacent to an activating group) is 1. The lowest BCUT2D eigenvalue weighted by Crippen LogP contribution is -2.44. The Hall–Kier alpha value is -5.14. The maximum atomic E-state index is 13.1. The quantitative estimate of drug-likeness (QED) is 0.271. The molecule has 1 amide bonds. The Morgan fingerprint density at radius 2 is 1.65 bits per heavy atom. The van der Waals surface area contributed by atoms with Gasteiger partial charge in [-0.2, -0.15) is 13.2 Å². The minimum atomic E-state index is -4.54. The molecule has 0 saturated carbocycles. The van der Waals surface area contributed by atoms with E-state index in [1.54, 1.807) is 30.6 Å². The zero-order chi connectivity index (χ0) is 30.0. The molecule has 0 spiro atoms. The summed E-state index contributed by atoms with van der Waals surface area (Å²) in [6, 6.07) is 22.5. The highest BCUT2D eigenvalue weighted by Crippen LogP contribution is 2.30. The number of halogens is 3. The number of benzene rings is 3. The Morgan fingerprint density at radius 1 is 0.860 bits per heavy atom. The van der Waals surface area contributed by atoms with Crippen molar-refractivity contribution in [1.82, 2.24) is 19.4 Å². The van der Waals surface area contributed by atoms with Crippen molar-refractivity contribution in [2.45, 2.75) is 6.18 Å². The zero-order valence-corrected chi connectivity index (χ0v) is 23.3. The molecule has 0 aliphatic carbocycles. The molecule has 5 aromatic rings. The Balaban J connectivity index is 1.22. The van der Waals surface area contributed by atoms with Gasteiger partial charge in [0.2, 0.25) is 0 Å². The molecule has 3 heterocycles. The number of nitrogens with zero attached hydrogens (tertiary/aromatic N) is 5. The number of imidazole rings is 1. The number of fused-ring (bicyclic) bond motifs is 1. The predicted molar refractivity (Wildman–Crippen MR) is 160 cm³/mol. The molecule has 0 unspecified atom stereocenters. The molecule has 1 N–H and O–H groups in total. The number of piperazine rings is 1. The van der Waals surface area contributed by atoms with Gasteiger partial charge in [-0.1, -0.05) is 30.0 Å². The van der Waals surface area contributed by atoms with E-state index in [4.69, 9.17) is 0 Å². The fourth-order valence-electron chi connectivity index (χ4n) is 4.99. The van der Waals surface area contributed by atoms with Crippen molar-refractivity contribution < 1.29 is 18.0 Å². The van der Waals surface area contributed by atoms with Gasteiger partial charge in [-0.05, 0) is 67.7 Å². The third kappa shape index (κ3) is 6.22. The van der Waals surface area contributed by atoms with Crippen molar-refractivity contribution in [3.05, 3.63) is 114 Å². The second-order valence-electron chi connectivity index (χ2n) is 10.3. The first-order valence-corrected chi connectivity index (χ1v) is 13.7. The standard InChI is InChI=1S/C33H27F3N6O/c1-40-15-17-41(18-16-40)26-6-4-7-27(21-26)42-22-38-29-19-23(10-12-30(29)42)9-11-24-5-2-3-8-28(24)32(43)39-31-20-25(13-14-37-31)33(34,35)36/h2-8,10,12-14,19-22H,15-18H2,1H3,(H,37,39,43). The summed E-state index contributed by atoms with van der Waals surface area (Å²) in [5.74, 6) is 5.32. The SMILES string of the molecule is CN1CCN(c2cccc(-n3cnc4cc(C#Cc5ccccc5C(=O)Nc5cc(C(F)(F)F)ccn5)ccc43)c2)CC1. The summed E-state index contributed by atoms with van der Waals surface area (Å²) in [5.41, 5.74) is 4.38. The maximum Gasteiger partial charge on any atom is 0.416 e. The van der Waals surface area contributed by atoms with Gasteiger partial charge in [0.15, 0.2) is 0 Å². The van der Waals surface area contributed by atoms with Crippen LogP contribution in [0.1, 0.15) is 27.0 Å². The van der Waals surface area contributed by atoms with Gasteiger partial charge in [-0.15, -0.1) is 0 Å². The highest BCUT2D eigenvalue weighted by molar-refractivity contribution is 6.05. The number of amides is 1. The van der Waals surface area contributed by atoms with Gasteiger partial charge < -0.3 is 15.1 Å². The lowest BCUT2D eigenvalue weighted by Gasteiger charge is -2.34. The number of hydrogen-bond donors (Lipinski definition) is 1. The van der Waals surface area contributed by atoms with Gasteiger partial charge in [0.1, 0.15) is 12.1 Å². The first-order valence-electron chi connectivity index (χ1n) is 13.7. The van der Waals surface area contributed by atoms with Crippen LogP contribution in [0.25, 0.3) is 16.7 Å². The number of hydrogen-bond acceptors (Lipinski definition) is 5. The van der Waals surface area contributed by atoms with Crippen molar-refractivity contribution in [1.29, 1.82) is 0 Å². The topological polar surface area (TPSA) is 66.3 Å². The normalized spacial score (nSPS) is 13.9. The van der Waals surface area contributed by atoms with Crippen molar-refractivity contribution in [2.75, 3.05) is 43.4 Å². The third-order valence-electron chi connectivity index (χ3n) is 7.37. The van der Waals surface area contributed by atoms with Gasteiger partial charge in [0, 0.05) is 54.9 Å². The first-order chi connectivity index (χ1) is 20.7. The van der Waals surface area contributed by atoms with Crippen LogP contribution in [0, 0.1) is 11.8 Å². The summed E-state index contributed by atoms with van der Waals surface area (Å²) < 4.78 is 41.3. The maximum absolute atomic E-state index is 13.1. The molecule has 0 atom stereocenters. The Morgan fingerprint density at radius 3 is 2.47 bits per heavy atom. The molecule has 1 fully saturated rings. The minimum absolute atomic E-state index is 0.197. The van der Waals surface area contributed by atoms with Crippen LogP contribution in [-0.4, -0.2) is 58.6 Å². The van der Waals surface area contributed by atoms with E-state index in [1.807, 2.05) is 22.8 Å². The molecule has 3 aromatic carbocycles. The predicted octanol–water partition coefficient (Wildman–Crippen LogP) is 5.84. The number of carbonyl (C=O) groups is 1. The summed E-state index contributed by atoms with van der Waals surface area (Å²) in [6.07, 6.45) is -1.74. The summed E-state index contributed by atoms with van der Waals surface area (Å²) in [4.78, 5) is 26.1. The van der Waals surface area contributed by atoms with Crippen LogP contribution in [0.5, 0.6) is 0 Å². The van der Waals surface area contributed by atoms with E-state index in [0.717, 1.165) is 61.2 Å². The molecule has 0 radical (unpaired) electrons. The molecule has 0 bridgehead atoms. The van der Waals surface area contributed by atoms with Gasteiger partial charge in [0.25, 0.3) is 5.91 Å². The number of nitrogens with one attached hydrogen (secondary N) is 1. The highest BCUT2D eigenvalue weighted by atomic mass is 19.4. The number of aromatic nitrogens is 3.